The summed E-state index contributed by atoms with van der Waals surface area (Å²) in [6, 6.07) is 13.0. The number of hydrogen-bond acceptors (Lipinski definition) is 8. The van der Waals surface area contributed by atoms with E-state index < -0.39 is 21.1 Å². The highest BCUT2D eigenvalue weighted by molar-refractivity contribution is 7.91. The molecule has 0 bridgehead atoms. The van der Waals surface area contributed by atoms with Crippen molar-refractivity contribution >= 4 is 33.1 Å². The third-order valence-corrected chi connectivity index (χ3v) is 13.5. The van der Waals surface area contributed by atoms with Crippen molar-refractivity contribution in [2.75, 3.05) is 31.7 Å². The van der Waals surface area contributed by atoms with Crippen LogP contribution in [0, 0.1) is 17.8 Å². The molecule has 1 aromatic heterocycles. The monoisotopic (exact) mass is 679 g/mol. The number of aryl methyl sites for hydroxylation is 1. The third kappa shape index (κ3) is 6.13. The SMILES string of the molecule is CO[C@H]([C@H]1CCC[C@@H](S(=O)(=O)c2ncccn2)C1)[C@@H]1CC[C@H]1CN1CC2(CCCc3cc(Cl)ccc32)COc2ccc(C(=O)O)cc21. The topological polar surface area (TPSA) is 119 Å². The van der Waals surface area contributed by atoms with Gasteiger partial charge in [0, 0.05) is 43.0 Å². The third-order valence-electron chi connectivity index (χ3n) is 11.3. The van der Waals surface area contributed by atoms with Gasteiger partial charge in [0.2, 0.25) is 15.0 Å². The first-order chi connectivity index (χ1) is 22.7. The predicted molar refractivity (Wildman–Crippen MR) is 179 cm³/mol. The lowest BCUT2D eigenvalue weighted by Gasteiger charge is -2.48. The number of halogens is 1. The fraction of sp³-hybridized carbons (Fsp3) is 0.528. The Labute approximate surface area is 281 Å². The number of ether oxygens (including phenoxy) is 2. The molecule has 47 heavy (non-hydrogen) atoms. The summed E-state index contributed by atoms with van der Waals surface area (Å²) in [5.74, 6) is 0.426. The van der Waals surface area contributed by atoms with Gasteiger partial charge < -0.3 is 19.5 Å². The number of anilines is 1. The number of carboxylic acids is 1. The smallest absolute Gasteiger partial charge is 0.335 e. The lowest BCUT2D eigenvalue weighted by atomic mass is 9.65. The fourth-order valence-corrected chi connectivity index (χ4v) is 10.7. The lowest BCUT2D eigenvalue weighted by molar-refractivity contribution is -0.0589. The minimum atomic E-state index is -3.64. The number of fused-ring (bicyclic) bond motifs is 3. The van der Waals surface area contributed by atoms with E-state index in [4.69, 9.17) is 21.1 Å². The molecule has 1 N–H and O–H groups in total. The van der Waals surface area contributed by atoms with Gasteiger partial charge in [-0.25, -0.2) is 23.2 Å². The van der Waals surface area contributed by atoms with Gasteiger partial charge in [0.25, 0.3) is 0 Å². The van der Waals surface area contributed by atoms with Crippen LogP contribution in [0.25, 0.3) is 0 Å². The summed E-state index contributed by atoms with van der Waals surface area (Å²) in [5.41, 5.74) is 3.31. The number of rotatable bonds is 8. The van der Waals surface area contributed by atoms with E-state index in [0.29, 0.717) is 37.7 Å². The number of methoxy groups -OCH3 is 1. The number of sulfone groups is 1. The van der Waals surface area contributed by atoms with Crippen molar-refractivity contribution in [3.05, 3.63) is 76.6 Å². The molecule has 0 amide bonds. The maximum Gasteiger partial charge on any atom is 0.335 e. The van der Waals surface area contributed by atoms with E-state index in [1.807, 2.05) is 6.07 Å². The number of hydrogen-bond donors (Lipinski definition) is 1. The maximum absolute atomic E-state index is 13.5. The molecule has 2 fully saturated rings. The van der Waals surface area contributed by atoms with E-state index in [9.17, 15) is 18.3 Å². The van der Waals surface area contributed by atoms with Crippen LogP contribution in [0.1, 0.15) is 72.9 Å². The van der Waals surface area contributed by atoms with Gasteiger partial charge in [-0.15, -0.1) is 0 Å². The van der Waals surface area contributed by atoms with Crippen molar-refractivity contribution in [2.24, 2.45) is 17.8 Å². The minimum absolute atomic E-state index is 0.0667. The number of carbonyl (C=O) groups is 1. The van der Waals surface area contributed by atoms with Crippen LogP contribution in [0.5, 0.6) is 5.75 Å². The van der Waals surface area contributed by atoms with Crippen LogP contribution in [0.2, 0.25) is 5.02 Å². The molecular formula is C36H42ClN3O6S. The van der Waals surface area contributed by atoms with Crippen molar-refractivity contribution in [3.8, 4) is 5.75 Å². The van der Waals surface area contributed by atoms with Gasteiger partial charge in [-0.2, -0.15) is 0 Å². The molecule has 1 unspecified atom stereocenters. The lowest BCUT2D eigenvalue weighted by Crippen LogP contribution is -2.51. The van der Waals surface area contributed by atoms with E-state index in [-0.39, 0.29) is 34.1 Å². The zero-order valence-corrected chi connectivity index (χ0v) is 28.3. The van der Waals surface area contributed by atoms with Crippen LogP contribution < -0.4 is 9.64 Å². The Kier molecular flexibility index (Phi) is 8.95. The average molecular weight is 680 g/mol. The van der Waals surface area contributed by atoms with Crippen molar-refractivity contribution < 1.29 is 27.8 Å². The number of aromatic nitrogens is 2. The van der Waals surface area contributed by atoms with Gasteiger partial charge in [0.05, 0.1) is 29.2 Å². The van der Waals surface area contributed by atoms with E-state index in [1.165, 1.54) is 23.5 Å². The summed E-state index contributed by atoms with van der Waals surface area (Å²) < 4.78 is 39.7. The summed E-state index contributed by atoms with van der Waals surface area (Å²) in [6.45, 7) is 1.95. The number of aromatic carboxylic acids is 1. The Morgan fingerprint density at radius 2 is 1.96 bits per heavy atom. The van der Waals surface area contributed by atoms with Crippen molar-refractivity contribution in [2.45, 2.75) is 79.7 Å². The average Bonchev–Trinajstić information content (AvgIpc) is 3.22. The van der Waals surface area contributed by atoms with Crippen molar-refractivity contribution in [1.82, 2.24) is 9.97 Å². The summed E-state index contributed by atoms with van der Waals surface area (Å²) in [4.78, 5) is 22.6. The number of carboxylic acid groups (broad SMARTS) is 1. The molecule has 3 aromatic rings. The molecule has 0 radical (unpaired) electrons. The van der Waals surface area contributed by atoms with E-state index in [2.05, 4.69) is 27.0 Å². The maximum atomic E-state index is 13.5. The molecule has 3 aliphatic carbocycles. The Hall–Kier alpha value is -3.21. The highest BCUT2D eigenvalue weighted by atomic mass is 35.5. The molecule has 11 heteroatoms. The van der Waals surface area contributed by atoms with Gasteiger partial charge >= 0.3 is 5.97 Å². The highest BCUT2D eigenvalue weighted by Gasteiger charge is 2.47. The molecule has 9 nitrogen and oxygen atoms in total. The number of benzene rings is 2. The molecule has 2 saturated carbocycles. The Morgan fingerprint density at radius 3 is 2.70 bits per heavy atom. The normalized spacial score (nSPS) is 27.9. The highest BCUT2D eigenvalue weighted by Crippen LogP contribution is 2.48. The van der Waals surface area contributed by atoms with Gasteiger partial charge in [-0.05, 0) is 117 Å². The zero-order chi connectivity index (χ0) is 32.8. The van der Waals surface area contributed by atoms with E-state index >= 15 is 0 Å². The molecule has 1 spiro atoms. The van der Waals surface area contributed by atoms with Crippen LogP contribution in [0.3, 0.4) is 0 Å². The first-order valence-electron chi connectivity index (χ1n) is 16.8. The molecular weight excluding hydrogens is 638 g/mol. The second-order valence-electron chi connectivity index (χ2n) is 13.9. The second-order valence-corrected chi connectivity index (χ2v) is 16.5. The van der Waals surface area contributed by atoms with Crippen molar-refractivity contribution in [3.63, 3.8) is 0 Å². The van der Waals surface area contributed by atoms with Crippen LogP contribution in [-0.2, 0) is 26.4 Å². The molecule has 7 rings (SSSR count). The fourth-order valence-electron chi connectivity index (χ4n) is 8.84. The zero-order valence-electron chi connectivity index (χ0n) is 26.7. The molecule has 4 aliphatic rings. The van der Waals surface area contributed by atoms with Gasteiger partial charge in [0.1, 0.15) is 5.75 Å². The van der Waals surface area contributed by atoms with Gasteiger partial charge in [-0.1, -0.05) is 24.1 Å². The molecule has 6 atom stereocenters. The molecule has 2 heterocycles. The summed E-state index contributed by atoms with van der Waals surface area (Å²) in [7, 11) is -1.88. The van der Waals surface area contributed by atoms with Crippen LogP contribution in [0.4, 0.5) is 5.69 Å². The van der Waals surface area contributed by atoms with E-state index in [0.717, 1.165) is 62.2 Å². The molecule has 250 valence electrons. The van der Waals surface area contributed by atoms with E-state index in [1.54, 1.807) is 31.4 Å². The van der Waals surface area contributed by atoms with Gasteiger partial charge in [-0.3, -0.25) is 0 Å². The predicted octanol–water partition coefficient (Wildman–Crippen LogP) is 6.38. The molecule has 2 aromatic carbocycles. The Balaban J connectivity index is 1.16. The first kappa shape index (κ1) is 32.3. The quantitative estimate of drug-likeness (QED) is 0.271. The first-order valence-corrected chi connectivity index (χ1v) is 18.7. The summed E-state index contributed by atoms with van der Waals surface area (Å²) >= 11 is 6.42. The van der Waals surface area contributed by atoms with Crippen molar-refractivity contribution in [1.29, 1.82) is 0 Å². The minimum Gasteiger partial charge on any atom is -0.490 e. The van der Waals surface area contributed by atoms with Gasteiger partial charge in [0.15, 0.2) is 0 Å². The summed E-state index contributed by atoms with van der Waals surface area (Å²) in [5, 5.41) is 10.0. The molecule has 0 saturated heterocycles. The standard InChI is InChI=1S/C36H42ClN3O6S/c1-45-33(24-5-2-7-28(18-24)47(43,44)35-38-15-4-16-39-35)29-11-8-26(29)20-40-21-36(14-3-6-23-17-27(37)10-12-30(23)36)22-46-32-13-9-25(34(41)42)19-31(32)40/h4,9-10,12-13,15-17,19,24,26,28-29,33H,2-3,5-8,11,14,18,20-22H2,1H3,(H,41,42)/t24-,26-,28+,29+,33+,36?/m0/s1. The van der Waals surface area contributed by atoms with Crippen LogP contribution in [-0.4, -0.2) is 67.6 Å². The van der Waals surface area contributed by atoms with Crippen LogP contribution >= 0.6 is 11.6 Å². The van der Waals surface area contributed by atoms with Crippen LogP contribution in [0.15, 0.2) is 60.0 Å². The summed E-state index contributed by atoms with van der Waals surface area (Å²) in [6.07, 6.45) is 10.8. The molecule has 1 aliphatic heterocycles. The largest absolute Gasteiger partial charge is 0.490 e. The second kappa shape index (κ2) is 13.0. The Morgan fingerprint density at radius 1 is 1.13 bits per heavy atom. The Bertz CT molecular complexity index is 1740. The number of nitrogens with zero attached hydrogens (tertiary/aromatic N) is 3.